The van der Waals surface area contributed by atoms with Gasteiger partial charge in [-0.2, -0.15) is 0 Å². The number of rotatable bonds is 0. The molecule has 0 aromatic heterocycles. The standard InChI is InChI=1S/Al.B.Cr.Zn.3H. The normalized spacial score (nSPS) is 0. The molecule has 0 spiro atoms. The molecule has 0 atom stereocenters. The Morgan fingerprint density at radius 2 is 1.00 bits per heavy atom. The van der Waals surface area contributed by atoms with E-state index in [2.05, 4.69) is 0 Å². The van der Waals surface area contributed by atoms with Crippen molar-refractivity contribution in [2.45, 2.75) is 0 Å². The molecule has 0 aromatic carbocycles. The Labute approximate surface area is 62.3 Å². The van der Waals surface area contributed by atoms with Crippen molar-refractivity contribution in [3.8, 4) is 0 Å². The van der Waals surface area contributed by atoms with E-state index in [1.807, 2.05) is 0 Å². The molecule has 0 aliphatic rings. The summed E-state index contributed by atoms with van der Waals surface area (Å²) in [7, 11) is 0. The minimum atomic E-state index is 0. The van der Waals surface area contributed by atoms with Crippen LogP contribution >= 0.6 is 0 Å². The second kappa shape index (κ2) is 21.8. The molecule has 0 amide bonds. The van der Waals surface area contributed by atoms with Crippen LogP contribution in [0.4, 0.5) is 0 Å². The Kier molecular flexibility index (Phi) is 230. The summed E-state index contributed by atoms with van der Waals surface area (Å²) in [6.07, 6.45) is 0. The van der Waals surface area contributed by atoms with Gasteiger partial charge in [-0.25, -0.2) is 0 Å². The van der Waals surface area contributed by atoms with Crippen molar-refractivity contribution in [3.05, 3.63) is 0 Å². The molecule has 0 N–H and O–H groups in total. The van der Waals surface area contributed by atoms with Gasteiger partial charge in [0, 0.05) is 45.3 Å². The molecule has 0 fully saturated rings. The van der Waals surface area contributed by atoms with Crippen molar-refractivity contribution < 1.29 is 36.8 Å². The molecule has 0 bridgehead atoms. The average Bonchev–Trinajstić information content (AvgIpc) is 0. The van der Waals surface area contributed by atoms with Crippen LogP contribution in [0.2, 0.25) is 0 Å². The van der Waals surface area contributed by atoms with Gasteiger partial charge in [0.05, 0.1) is 0 Å². The van der Waals surface area contributed by atoms with E-state index in [0.29, 0.717) is 0 Å². The van der Waals surface area contributed by atoms with Crippen molar-refractivity contribution in [1.29, 1.82) is 0 Å². The summed E-state index contributed by atoms with van der Waals surface area (Å²) < 4.78 is 0. The van der Waals surface area contributed by atoms with E-state index in [1.54, 1.807) is 0 Å². The van der Waals surface area contributed by atoms with Crippen LogP contribution in [0.15, 0.2) is 0 Å². The maximum absolute atomic E-state index is 0. The topological polar surface area (TPSA) is 0 Å². The smallest absolute Gasteiger partial charge is 0 e. The summed E-state index contributed by atoms with van der Waals surface area (Å²) in [5.41, 5.74) is 0. The summed E-state index contributed by atoms with van der Waals surface area (Å²) >= 11 is 0. The van der Waals surface area contributed by atoms with E-state index in [1.165, 1.54) is 0 Å². The monoisotopic (exact) mass is 157 g/mol. The fourth-order valence-electron chi connectivity index (χ4n) is 0. The maximum Gasteiger partial charge on any atom is 0.187 e. The van der Waals surface area contributed by atoms with Gasteiger partial charge in [-0.1, -0.05) is 0 Å². The van der Waals surface area contributed by atoms with Crippen LogP contribution in [0.5, 0.6) is 0 Å². The van der Waals surface area contributed by atoms with E-state index < -0.39 is 0 Å². The minimum Gasteiger partial charge on any atom is 0 e. The molecule has 0 aliphatic heterocycles. The van der Waals surface area contributed by atoms with Gasteiger partial charge in [-0.15, -0.1) is 0 Å². The Balaban J connectivity index is 0. The molecule has 0 unspecified atom stereocenters. The summed E-state index contributed by atoms with van der Waals surface area (Å²) in [5.74, 6) is 0. The zero-order valence-electron chi connectivity index (χ0n) is 1.69. The molecule has 3 radical (unpaired) electrons. The minimum absolute atomic E-state index is 0. The molecule has 4 heavy (non-hydrogen) atoms. The van der Waals surface area contributed by atoms with Gasteiger partial charge >= 0.3 is 0 Å². The third-order valence-corrected chi connectivity index (χ3v) is 0. The quantitative estimate of drug-likeness (QED) is 0.374. The molecule has 0 aliphatic carbocycles. The molecule has 0 saturated carbocycles. The van der Waals surface area contributed by atoms with Crippen molar-refractivity contribution in [2.75, 3.05) is 0 Å². The van der Waals surface area contributed by atoms with Gasteiger partial charge in [-0.3, -0.25) is 0 Å². The SMILES string of the molecule is [AlH3].[B].[Cr].[Zn]. The molecule has 0 saturated heterocycles. The molecule has 0 heterocycles. The van der Waals surface area contributed by atoms with Crippen LogP contribution in [0.3, 0.4) is 0 Å². The Morgan fingerprint density at radius 3 is 1.00 bits per heavy atom. The number of hydrogen-bond acceptors (Lipinski definition) is 0. The fraction of sp³-hybridized carbons (Fsp3) is 0. The van der Waals surface area contributed by atoms with Gasteiger partial charge in [0.15, 0.2) is 17.4 Å². The second-order valence-corrected chi connectivity index (χ2v) is 0. The molecule has 4 heteroatoms. The Bertz CT molecular complexity index is 8.00. The predicted molar refractivity (Wildman–Crippen MR) is 15.7 cm³/mol. The molecule has 0 nitrogen and oxygen atoms in total. The molecule has 0 rings (SSSR count). The van der Waals surface area contributed by atoms with Gasteiger partial charge in [-0.05, 0) is 0 Å². The van der Waals surface area contributed by atoms with Crippen molar-refractivity contribution in [2.24, 2.45) is 0 Å². The van der Waals surface area contributed by atoms with Crippen LogP contribution in [-0.4, -0.2) is 25.8 Å². The first-order valence-electron chi connectivity index (χ1n) is 0. The average molecular weight is 158 g/mol. The summed E-state index contributed by atoms with van der Waals surface area (Å²) in [4.78, 5) is 0. The number of hydrogen-bond donors (Lipinski definition) is 0. The van der Waals surface area contributed by atoms with Crippen molar-refractivity contribution in [1.82, 2.24) is 0 Å². The predicted octanol–water partition coefficient (Wildman–Crippen LogP) is -1.57. The van der Waals surface area contributed by atoms with Gasteiger partial charge in [0.2, 0.25) is 0 Å². The summed E-state index contributed by atoms with van der Waals surface area (Å²) in [6, 6.07) is 0. The van der Waals surface area contributed by atoms with Crippen LogP contribution in [0.25, 0.3) is 0 Å². The Hall–Kier alpha value is 1.75. The van der Waals surface area contributed by atoms with Gasteiger partial charge in [0.25, 0.3) is 0 Å². The zero-order chi connectivity index (χ0) is 0. The van der Waals surface area contributed by atoms with Gasteiger partial charge in [0.1, 0.15) is 0 Å². The van der Waals surface area contributed by atoms with Crippen molar-refractivity contribution in [3.63, 3.8) is 0 Å². The zero-order valence-corrected chi connectivity index (χ0v) is 5.93. The first-order valence-corrected chi connectivity index (χ1v) is 0. The largest absolute Gasteiger partial charge is 0.187 e. The van der Waals surface area contributed by atoms with Crippen LogP contribution < -0.4 is 0 Å². The molecule has 17 valence electrons. The second-order valence-electron chi connectivity index (χ2n) is 0. The van der Waals surface area contributed by atoms with E-state index in [-0.39, 0.29) is 62.6 Å². The fourth-order valence-corrected chi connectivity index (χ4v) is 0. The molecular weight excluding hydrogens is 155 g/mol. The van der Waals surface area contributed by atoms with E-state index in [4.69, 9.17) is 0 Å². The molecular formula is H3AlBCrZn. The van der Waals surface area contributed by atoms with Crippen LogP contribution in [0, 0.1) is 0 Å². The van der Waals surface area contributed by atoms with E-state index in [0.717, 1.165) is 0 Å². The van der Waals surface area contributed by atoms with Crippen LogP contribution in [0.1, 0.15) is 0 Å². The van der Waals surface area contributed by atoms with Gasteiger partial charge < -0.3 is 0 Å². The Morgan fingerprint density at radius 1 is 1.00 bits per heavy atom. The maximum atomic E-state index is 0. The third kappa shape index (κ3) is 9.26. The summed E-state index contributed by atoms with van der Waals surface area (Å²) in [5, 5.41) is 0. The summed E-state index contributed by atoms with van der Waals surface area (Å²) in [6.45, 7) is 0. The van der Waals surface area contributed by atoms with E-state index in [9.17, 15) is 0 Å². The van der Waals surface area contributed by atoms with E-state index >= 15 is 0 Å². The first-order chi connectivity index (χ1) is 0. The molecule has 0 aromatic rings. The third-order valence-electron chi connectivity index (χ3n) is 0. The van der Waals surface area contributed by atoms with Crippen molar-refractivity contribution >= 4 is 25.8 Å². The van der Waals surface area contributed by atoms with Crippen LogP contribution in [-0.2, 0) is 36.8 Å². The first kappa shape index (κ1) is 42.3.